The average molecular weight is 480 g/mol. The van der Waals surface area contributed by atoms with Gasteiger partial charge >= 0.3 is 0 Å². The van der Waals surface area contributed by atoms with Crippen LogP contribution < -0.4 is 0 Å². The molecule has 2 fully saturated rings. The van der Waals surface area contributed by atoms with E-state index in [-0.39, 0.29) is 0 Å². The predicted octanol–water partition coefficient (Wildman–Crippen LogP) is 7.72. The summed E-state index contributed by atoms with van der Waals surface area (Å²) in [6, 6.07) is 9.40. The maximum Gasteiger partial charge on any atom is 0.110 e. The van der Waals surface area contributed by atoms with Crippen molar-refractivity contribution in [3.8, 4) is 0 Å². The Kier molecular flexibility index (Phi) is 5.70. The van der Waals surface area contributed by atoms with Crippen LogP contribution in [-0.4, -0.2) is 6.10 Å². The zero-order valence-corrected chi connectivity index (χ0v) is 19.8. The zero-order chi connectivity index (χ0) is 19.2. The highest BCUT2D eigenvalue weighted by molar-refractivity contribution is 14.1. The summed E-state index contributed by atoms with van der Waals surface area (Å²) in [5.74, 6) is 3.35. The second-order valence-corrected chi connectivity index (χ2v) is 11.2. The molecule has 0 heterocycles. The molecule has 6 unspecified atom stereocenters. The van der Waals surface area contributed by atoms with Crippen LogP contribution in [0.4, 0.5) is 0 Å². The van der Waals surface area contributed by atoms with Crippen molar-refractivity contribution in [3.05, 3.63) is 35.4 Å². The van der Waals surface area contributed by atoms with Gasteiger partial charge in [-0.25, -0.2) is 0 Å². The normalized spacial score (nSPS) is 38.2. The van der Waals surface area contributed by atoms with Gasteiger partial charge in [-0.3, -0.25) is 0 Å². The monoisotopic (exact) mass is 480 g/mol. The molecule has 1 nitrogen and oxygen atoms in total. The van der Waals surface area contributed by atoms with Crippen molar-refractivity contribution < 1.29 is 3.07 Å². The summed E-state index contributed by atoms with van der Waals surface area (Å²) in [6.07, 6.45) is 11.2. The highest BCUT2D eigenvalue weighted by atomic mass is 127. The molecule has 2 heteroatoms. The van der Waals surface area contributed by atoms with Crippen molar-refractivity contribution in [2.24, 2.45) is 28.6 Å². The van der Waals surface area contributed by atoms with Gasteiger partial charge in [-0.05, 0) is 90.6 Å². The van der Waals surface area contributed by atoms with Gasteiger partial charge in [0.25, 0.3) is 0 Å². The summed E-state index contributed by atoms with van der Waals surface area (Å²) in [5, 5.41) is 0. The maximum atomic E-state index is 5.97. The lowest BCUT2D eigenvalue weighted by molar-refractivity contribution is -0.0193. The summed E-state index contributed by atoms with van der Waals surface area (Å²) in [4.78, 5) is 0. The standard InChI is InChI=1S/C25H37IO/c1-5-24(2,3)14-12-18-16-17-8-6-7-9-19(17)20-13-15-25(4)21(23(18)20)10-11-22(25)27-26/h6-9,18,20-23H,5,10-16H2,1-4H3. The highest BCUT2D eigenvalue weighted by Gasteiger charge is 2.57. The van der Waals surface area contributed by atoms with Crippen molar-refractivity contribution in [2.75, 3.05) is 0 Å². The minimum absolute atomic E-state index is 0.396. The van der Waals surface area contributed by atoms with Gasteiger partial charge in [-0.2, -0.15) is 0 Å². The van der Waals surface area contributed by atoms with Gasteiger partial charge in [0.05, 0.1) is 6.10 Å². The number of rotatable bonds is 5. The number of hydrogen-bond acceptors (Lipinski definition) is 1. The lowest BCUT2D eigenvalue weighted by atomic mass is 9.52. The summed E-state index contributed by atoms with van der Waals surface area (Å²) in [6.45, 7) is 9.83. The largest absolute Gasteiger partial charge is 0.312 e. The third-order valence-electron chi connectivity index (χ3n) is 8.98. The molecule has 0 saturated heterocycles. The smallest absolute Gasteiger partial charge is 0.110 e. The van der Waals surface area contributed by atoms with Crippen molar-refractivity contribution in [3.63, 3.8) is 0 Å². The van der Waals surface area contributed by atoms with Gasteiger partial charge in [-0.1, -0.05) is 58.4 Å². The Bertz CT molecular complexity index is 668. The van der Waals surface area contributed by atoms with Crippen LogP contribution in [0, 0.1) is 28.6 Å². The second-order valence-electron chi connectivity index (χ2n) is 10.7. The van der Waals surface area contributed by atoms with E-state index in [1.54, 1.807) is 11.1 Å². The lowest BCUT2D eigenvalue weighted by Crippen LogP contribution is -2.47. The molecule has 3 aliphatic carbocycles. The van der Waals surface area contributed by atoms with Crippen LogP contribution in [0.3, 0.4) is 0 Å². The molecule has 0 aliphatic heterocycles. The van der Waals surface area contributed by atoms with Gasteiger partial charge in [-0.15, -0.1) is 0 Å². The third-order valence-corrected chi connectivity index (χ3v) is 9.60. The van der Waals surface area contributed by atoms with Crippen LogP contribution >= 0.6 is 23.0 Å². The van der Waals surface area contributed by atoms with E-state index in [1.807, 2.05) is 0 Å². The Morgan fingerprint density at radius 2 is 1.96 bits per heavy atom. The third kappa shape index (κ3) is 3.52. The maximum absolute atomic E-state index is 5.97. The van der Waals surface area contributed by atoms with Gasteiger partial charge in [0.1, 0.15) is 23.0 Å². The predicted molar refractivity (Wildman–Crippen MR) is 122 cm³/mol. The molecule has 0 radical (unpaired) electrons. The number of fused-ring (bicyclic) bond motifs is 5. The van der Waals surface area contributed by atoms with E-state index >= 15 is 0 Å². The molecule has 4 rings (SSSR count). The van der Waals surface area contributed by atoms with E-state index in [2.05, 4.69) is 75.0 Å². The molecule has 3 aliphatic rings. The summed E-state index contributed by atoms with van der Waals surface area (Å²) >= 11 is 2.17. The Balaban J connectivity index is 1.66. The van der Waals surface area contributed by atoms with Crippen LogP contribution in [-0.2, 0) is 9.49 Å². The minimum atomic E-state index is 0.396. The van der Waals surface area contributed by atoms with Gasteiger partial charge in [0, 0.05) is 0 Å². The molecule has 0 bridgehead atoms. The summed E-state index contributed by atoms with van der Waals surface area (Å²) < 4.78 is 5.97. The van der Waals surface area contributed by atoms with Crippen LogP contribution in [0.25, 0.3) is 0 Å². The molecule has 6 atom stereocenters. The fraction of sp³-hybridized carbons (Fsp3) is 0.760. The quantitative estimate of drug-likeness (QED) is 0.392. The SMILES string of the molecule is CCC(C)(C)CCC1Cc2ccccc2C2CCC3(C)C(OI)CCC3C12. The molecule has 27 heavy (non-hydrogen) atoms. The van der Waals surface area contributed by atoms with Crippen LogP contribution in [0.15, 0.2) is 24.3 Å². The van der Waals surface area contributed by atoms with Crippen LogP contribution in [0.1, 0.15) is 89.7 Å². The average Bonchev–Trinajstić information content (AvgIpc) is 3.02. The summed E-state index contributed by atoms with van der Waals surface area (Å²) in [7, 11) is 0. The first-order valence-corrected chi connectivity index (χ1v) is 12.1. The molecule has 150 valence electrons. The number of hydrogen-bond donors (Lipinski definition) is 0. The fourth-order valence-corrected chi connectivity index (χ4v) is 7.70. The highest BCUT2D eigenvalue weighted by Crippen LogP contribution is 2.63. The molecule has 1 aromatic carbocycles. The molecule has 2 saturated carbocycles. The molecule has 0 aromatic heterocycles. The first-order chi connectivity index (χ1) is 12.9. The summed E-state index contributed by atoms with van der Waals surface area (Å²) in [5.41, 5.74) is 4.22. The zero-order valence-electron chi connectivity index (χ0n) is 17.6. The van der Waals surface area contributed by atoms with E-state index in [0.29, 0.717) is 16.9 Å². The van der Waals surface area contributed by atoms with Crippen molar-refractivity contribution >= 4 is 23.0 Å². The van der Waals surface area contributed by atoms with Gasteiger partial charge in [0.15, 0.2) is 0 Å². The van der Waals surface area contributed by atoms with E-state index in [9.17, 15) is 0 Å². The van der Waals surface area contributed by atoms with E-state index in [1.165, 1.54) is 51.4 Å². The molecule has 0 N–H and O–H groups in total. The Morgan fingerprint density at radius 1 is 1.19 bits per heavy atom. The van der Waals surface area contributed by atoms with Crippen molar-refractivity contribution in [1.82, 2.24) is 0 Å². The van der Waals surface area contributed by atoms with E-state index in [0.717, 1.165) is 23.7 Å². The van der Waals surface area contributed by atoms with Gasteiger partial charge < -0.3 is 3.07 Å². The van der Waals surface area contributed by atoms with Gasteiger partial charge in [0.2, 0.25) is 0 Å². The lowest BCUT2D eigenvalue weighted by Gasteiger charge is -2.53. The molecule has 0 amide bonds. The topological polar surface area (TPSA) is 9.23 Å². The molecule has 0 spiro atoms. The Morgan fingerprint density at radius 3 is 2.70 bits per heavy atom. The number of halogens is 1. The fourth-order valence-electron chi connectivity index (χ4n) is 6.86. The van der Waals surface area contributed by atoms with Crippen LogP contribution in [0.2, 0.25) is 0 Å². The molecule has 1 aromatic rings. The first-order valence-electron chi connectivity index (χ1n) is 11.2. The van der Waals surface area contributed by atoms with E-state index in [4.69, 9.17) is 3.07 Å². The van der Waals surface area contributed by atoms with E-state index < -0.39 is 0 Å². The minimum Gasteiger partial charge on any atom is -0.312 e. The number of benzene rings is 1. The van der Waals surface area contributed by atoms with Crippen LogP contribution in [0.5, 0.6) is 0 Å². The molecular weight excluding hydrogens is 443 g/mol. The first kappa shape index (κ1) is 20.2. The molecular formula is C25H37IO. The van der Waals surface area contributed by atoms with Crippen molar-refractivity contribution in [2.45, 2.75) is 91.1 Å². The van der Waals surface area contributed by atoms with Crippen molar-refractivity contribution in [1.29, 1.82) is 0 Å². The second kappa shape index (κ2) is 7.63. The Hall–Kier alpha value is -0.0900. The Labute approximate surface area is 180 Å².